The van der Waals surface area contributed by atoms with Crippen molar-refractivity contribution >= 4 is 28.6 Å². The molecule has 0 aliphatic carbocycles. The molecule has 4 aliphatic rings. The number of pyridine rings is 2. The van der Waals surface area contributed by atoms with Gasteiger partial charge in [0.1, 0.15) is 18.2 Å². The minimum absolute atomic E-state index is 0.0926. The van der Waals surface area contributed by atoms with Crippen LogP contribution in [-0.2, 0) is 16.0 Å². The Hall–Kier alpha value is -2.99. The molecule has 5 atom stereocenters. The van der Waals surface area contributed by atoms with Crippen molar-refractivity contribution in [3.63, 3.8) is 0 Å². The molecule has 11 heteroatoms. The Morgan fingerprint density at radius 3 is 2.67 bits per heavy atom. The van der Waals surface area contributed by atoms with Crippen LogP contribution in [0.2, 0.25) is 0 Å². The SMILES string of the molecule is C=CCOC(=O)N1[C@@H]2CC[C@H]1CC(Nc1nc(NC3CC(C)NN3)cc3nc(CN4CCOCC4)ccc13)C2. The van der Waals surface area contributed by atoms with Crippen LogP contribution in [0.3, 0.4) is 0 Å². The van der Waals surface area contributed by atoms with Gasteiger partial charge in [0.15, 0.2) is 0 Å². The Morgan fingerprint density at radius 1 is 1.15 bits per heavy atom. The lowest BCUT2D eigenvalue weighted by atomic mass is 9.97. The van der Waals surface area contributed by atoms with Gasteiger partial charge in [0.05, 0.1) is 30.6 Å². The molecule has 2 bridgehead atoms. The van der Waals surface area contributed by atoms with E-state index in [1.165, 1.54) is 0 Å². The van der Waals surface area contributed by atoms with Gasteiger partial charge in [-0.3, -0.25) is 15.3 Å². The molecule has 1 amide bonds. The van der Waals surface area contributed by atoms with E-state index in [2.05, 4.69) is 58.1 Å². The van der Waals surface area contributed by atoms with E-state index in [1.54, 1.807) is 6.08 Å². The van der Waals surface area contributed by atoms with Crippen molar-refractivity contribution in [2.45, 2.75) is 75.9 Å². The molecule has 4 N–H and O–H groups in total. The lowest BCUT2D eigenvalue weighted by Gasteiger charge is -2.38. The summed E-state index contributed by atoms with van der Waals surface area (Å²) in [5, 5.41) is 8.31. The number of fused-ring (bicyclic) bond motifs is 3. The van der Waals surface area contributed by atoms with E-state index < -0.39 is 0 Å². The number of nitrogens with one attached hydrogen (secondary N) is 4. The van der Waals surface area contributed by atoms with E-state index in [0.29, 0.717) is 6.04 Å². The number of piperidine rings is 1. The summed E-state index contributed by atoms with van der Waals surface area (Å²) in [6.45, 7) is 10.3. The standard InChI is InChI=1S/C28H40N8O3/c1-3-10-39-28(37)36-21-5-6-22(36)15-20(14-21)30-27-23-7-4-19(17-35-8-11-38-12-9-35)29-24(23)16-25(32-27)31-26-13-18(2)33-34-26/h3-4,7,16,18,20-22,26,33-34H,1,5-6,8-15,17H2,2H3,(H2,30,31,32)/t18?,20?,21-,22+,26?. The number of carbonyl (C=O) groups is 1. The number of morpholine rings is 1. The largest absolute Gasteiger partial charge is 0.445 e. The Balaban J connectivity index is 1.23. The molecule has 0 spiro atoms. The van der Waals surface area contributed by atoms with Gasteiger partial charge in [-0.05, 0) is 51.2 Å². The summed E-state index contributed by atoms with van der Waals surface area (Å²) in [7, 11) is 0. The smallest absolute Gasteiger partial charge is 0.410 e. The highest BCUT2D eigenvalue weighted by Crippen LogP contribution is 2.38. The van der Waals surface area contributed by atoms with E-state index in [9.17, 15) is 4.79 Å². The summed E-state index contributed by atoms with van der Waals surface area (Å²) in [5.41, 5.74) is 8.54. The molecule has 3 unspecified atom stereocenters. The van der Waals surface area contributed by atoms with E-state index in [0.717, 1.165) is 93.2 Å². The topological polar surface area (TPSA) is 116 Å². The zero-order valence-corrected chi connectivity index (χ0v) is 22.7. The number of carbonyl (C=O) groups excluding carboxylic acids is 1. The first-order valence-corrected chi connectivity index (χ1v) is 14.3. The van der Waals surface area contributed by atoms with Crippen LogP contribution < -0.4 is 21.5 Å². The van der Waals surface area contributed by atoms with Crippen molar-refractivity contribution in [1.82, 2.24) is 30.6 Å². The number of hydrazine groups is 1. The molecule has 0 aromatic carbocycles. The molecular formula is C28H40N8O3. The van der Waals surface area contributed by atoms with Gasteiger partial charge in [0.25, 0.3) is 0 Å². The molecule has 6 heterocycles. The van der Waals surface area contributed by atoms with Crippen molar-refractivity contribution in [1.29, 1.82) is 0 Å². The van der Waals surface area contributed by atoms with Gasteiger partial charge in [-0.15, -0.1) is 0 Å². The second-order valence-electron chi connectivity index (χ2n) is 11.2. The maximum absolute atomic E-state index is 12.7. The summed E-state index contributed by atoms with van der Waals surface area (Å²) in [6, 6.07) is 7.28. The normalized spacial score (nSPS) is 28.9. The zero-order chi connectivity index (χ0) is 26.8. The third-order valence-corrected chi connectivity index (χ3v) is 8.26. The maximum Gasteiger partial charge on any atom is 0.410 e. The molecule has 4 fully saturated rings. The minimum Gasteiger partial charge on any atom is -0.445 e. The van der Waals surface area contributed by atoms with Crippen LogP contribution in [0.5, 0.6) is 0 Å². The number of nitrogens with zero attached hydrogens (tertiary/aromatic N) is 4. The van der Waals surface area contributed by atoms with Gasteiger partial charge < -0.3 is 25.0 Å². The zero-order valence-electron chi connectivity index (χ0n) is 22.7. The Morgan fingerprint density at radius 2 is 1.95 bits per heavy atom. The number of aromatic nitrogens is 2. The second kappa shape index (κ2) is 11.6. The van der Waals surface area contributed by atoms with Gasteiger partial charge in [0, 0.05) is 55.3 Å². The third-order valence-electron chi connectivity index (χ3n) is 8.26. The quantitative estimate of drug-likeness (QED) is 0.375. The lowest BCUT2D eigenvalue weighted by Crippen LogP contribution is -2.50. The number of rotatable bonds is 8. The molecule has 4 aliphatic heterocycles. The van der Waals surface area contributed by atoms with Crippen LogP contribution in [0.1, 0.15) is 44.7 Å². The summed E-state index contributed by atoms with van der Waals surface area (Å²) in [6.07, 6.45) is 6.19. The number of hydrogen-bond acceptors (Lipinski definition) is 10. The van der Waals surface area contributed by atoms with Crippen molar-refractivity contribution < 1.29 is 14.3 Å². The number of hydrogen-bond donors (Lipinski definition) is 4. The molecule has 11 nitrogen and oxygen atoms in total. The number of amides is 1. The monoisotopic (exact) mass is 536 g/mol. The first-order valence-electron chi connectivity index (χ1n) is 14.3. The average molecular weight is 537 g/mol. The third kappa shape index (κ3) is 5.96. The van der Waals surface area contributed by atoms with Crippen molar-refractivity contribution in [3.05, 3.63) is 36.5 Å². The van der Waals surface area contributed by atoms with Crippen molar-refractivity contribution in [2.24, 2.45) is 0 Å². The predicted molar refractivity (Wildman–Crippen MR) is 150 cm³/mol. The fourth-order valence-corrected chi connectivity index (χ4v) is 6.41. The van der Waals surface area contributed by atoms with Crippen LogP contribution in [-0.4, -0.2) is 89.1 Å². The first kappa shape index (κ1) is 26.2. The predicted octanol–water partition coefficient (Wildman–Crippen LogP) is 2.82. The first-order chi connectivity index (χ1) is 19.1. The molecule has 4 saturated heterocycles. The summed E-state index contributed by atoms with van der Waals surface area (Å²) < 4.78 is 10.9. The molecule has 210 valence electrons. The fraction of sp³-hybridized carbons (Fsp3) is 0.607. The van der Waals surface area contributed by atoms with Crippen LogP contribution >= 0.6 is 0 Å². The Bertz CT molecular complexity index is 1170. The highest BCUT2D eigenvalue weighted by atomic mass is 16.6. The van der Waals surface area contributed by atoms with E-state index in [4.69, 9.17) is 19.4 Å². The van der Waals surface area contributed by atoms with Crippen LogP contribution in [0.4, 0.5) is 16.4 Å². The van der Waals surface area contributed by atoms with E-state index >= 15 is 0 Å². The minimum atomic E-state index is -0.223. The van der Waals surface area contributed by atoms with Crippen LogP contribution in [0.25, 0.3) is 10.9 Å². The lowest BCUT2D eigenvalue weighted by molar-refractivity contribution is 0.0337. The summed E-state index contributed by atoms with van der Waals surface area (Å²) >= 11 is 0. The maximum atomic E-state index is 12.7. The molecule has 0 radical (unpaired) electrons. The van der Waals surface area contributed by atoms with Crippen molar-refractivity contribution in [2.75, 3.05) is 43.5 Å². The molecular weight excluding hydrogens is 496 g/mol. The fourth-order valence-electron chi connectivity index (χ4n) is 6.41. The van der Waals surface area contributed by atoms with Gasteiger partial charge >= 0.3 is 6.09 Å². The van der Waals surface area contributed by atoms with Crippen LogP contribution in [0.15, 0.2) is 30.9 Å². The van der Waals surface area contributed by atoms with E-state index in [-0.39, 0.29) is 37.0 Å². The van der Waals surface area contributed by atoms with Gasteiger partial charge in [-0.2, -0.15) is 0 Å². The van der Waals surface area contributed by atoms with E-state index in [1.807, 2.05) is 4.90 Å². The molecule has 0 saturated carbocycles. The van der Waals surface area contributed by atoms with Gasteiger partial charge in [0.2, 0.25) is 0 Å². The second-order valence-corrected chi connectivity index (χ2v) is 11.2. The highest BCUT2D eigenvalue weighted by Gasteiger charge is 2.44. The molecule has 2 aromatic heterocycles. The van der Waals surface area contributed by atoms with Gasteiger partial charge in [-0.1, -0.05) is 12.7 Å². The molecule has 2 aromatic rings. The molecule has 6 rings (SSSR count). The van der Waals surface area contributed by atoms with Gasteiger partial charge in [-0.25, -0.2) is 15.2 Å². The van der Waals surface area contributed by atoms with Crippen molar-refractivity contribution in [3.8, 4) is 0 Å². The summed E-state index contributed by atoms with van der Waals surface area (Å²) in [5.74, 6) is 1.63. The Kier molecular flexibility index (Phi) is 7.83. The number of anilines is 2. The summed E-state index contributed by atoms with van der Waals surface area (Å²) in [4.78, 5) is 27.1. The Labute approximate surface area is 229 Å². The average Bonchev–Trinajstić information content (AvgIpc) is 3.46. The molecule has 39 heavy (non-hydrogen) atoms. The van der Waals surface area contributed by atoms with Crippen LogP contribution in [0, 0.1) is 0 Å². The number of ether oxygens (including phenoxy) is 2. The highest BCUT2D eigenvalue weighted by molar-refractivity contribution is 5.91.